The summed E-state index contributed by atoms with van der Waals surface area (Å²) in [6, 6.07) is 3.99. The summed E-state index contributed by atoms with van der Waals surface area (Å²) in [5.41, 5.74) is 0.788. The first-order chi connectivity index (χ1) is 10.6. The largest absolute Gasteiger partial charge is 0.463 e. The van der Waals surface area contributed by atoms with Crippen LogP contribution in [0.3, 0.4) is 0 Å². The lowest BCUT2D eigenvalue weighted by Gasteiger charge is -2.16. The van der Waals surface area contributed by atoms with Crippen LogP contribution in [0.1, 0.15) is 30.1 Å². The van der Waals surface area contributed by atoms with Crippen molar-refractivity contribution in [2.45, 2.75) is 25.8 Å². The molecule has 2 amide bonds. The fraction of sp³-hybridized carbons (Fsp3) is 0.375. The highest BCUT2D eigenvalue weighted by Crippen LogP contribution is 2.22. The Labute approximate surface area is 127 Å². The normalized spacial score (nSPS) is 17.9. The topological polar surface area (TPSA) is 62.6 Å². The van der Waals surface area contributed by atoms with E-state index in [-0.39, 0.29) is 17.9 Å². The number of hydrogen-bond acceptors (Lipinski definition) is 3. The molecule has 6 heteroatoms. The molecule has 3 rings (SSSR count). The highest BCUT2D eigenvalue weighted by atomic mass is 19.1. The van der Waals surface area contributed by atoms with Gasteiger partial charge in [-0.3, -0.25) is 9.59 Å². The van der Waals surface area contributed by atoms with Crippen molar-refractivity contribution in [3.8, 4) is 0 Å². The number of fused-ring (bicyclic) bond motifs is 1. The Kier molecular flexibility index (Phi) is 3.83. The van der Waals surface area contributed by atoms with Crippen LogP contribution in [-0.2, 0) is 4.79 Å². The van der Waals surface area contributed by atoms with Crippen LogP contribution in [0, 0.1) is 5.82 Å². The number of nitrogens with zero attached hydrogens (tertiary/aromatic N) is 1. The van der Waals surface area contributed by atoms with Gasteiger partial charge < -0.3 is 14.6 Å². The van der Waals surface area contributed by atoms with Crippen LogP contribution < -0.4 is 5.32 Å². The predicted octanol–water partition coefficient (Wildman–Crippen LogP) is 2.31. The third-order valence-electron chi connectivity index (χ3n) is 3.96. The van der Waals surface area contributed by atoms with Crippen LogP contribution in [0.25, 0.3) is 11.0 Å². The number of halogens is 1. The molecule has 0 spiro atoms. The van der Waals surface area contributed by atoms with Crippen LogP contribution in [0.2, 0.25) is 0 Å². The van der Waals surface area contributed by atoms with Crippen LogP contribution in [-0.4, -0.2) is 35.8 Å². The maximum Gasteiger partial charge on any atom is 0.255 e. The van der Waals surface area contributed by atoms with E-state index in [2.05, 4.69) is 5.32 Å². The highest BCUT2D eigenvalue weighted by molar-refractivity contribution is 6.06. The van der Waals surface area contributed by atoms with Crippen molar-refractivity contribution in [3.63, 3.8) is 0 Å². The molecule has 5 nitrogen and oxygen atoms in total. The van der Waals surface area contributed by atoms with E-state index in [9.17, 15) is 14.0 Å². The van der Waals surface area contributed by atoms with Crippen molar-refractivity contribution < 1.29 is 18.4 Å². The number of amides is 2. The predicted molar refractivity (Wildman–Crippen MR) is 78.9 cm³/mol. The van der Waals surface area contributed by atoms with Gasteiger partial charge in [0, 0.05) is 30.9 Å². The molecule has 0 saturated carbocycles. The van der Waals surface area contributed by atoms with Crippen LogP contribution in [0.4, 0.5) is 4.39 Å². The second-order valence-electron chi connectivity index (χ2n) is 5.44. The minimum absolute atomic E-state index is 0.0819. The zero-order chi connectivity index (χ0) is 15.7. The Hall–Kier alpha value is -2.37. The summed E-state index contributed by atoms with van der Waals surface area (Å²) in [6.07, 6.45) is 2.53. The van der Waals surface area contributed by atoms with Gasteiger partial charge in [-0.15, -0.1) is 0 Å². The van der Waals surface area contributed by atoms with Crippen molar-refractivity contribution in [3.05, 3.63) is 35.8 Å². The van der Waals surface area contributed by atoms with E-state index in [4.69, 9.17) is 4.42 Å². The Balaban J connectivity index is 1.72. The number of carbonyl (C=O) groups is 2. The molecule has 22 heavy (non-hydrogen) atoms. The fourth-order valence-electron chi connectivity index (χ4n) is 2.77. The van der Waals surface area contributed by atoms with Gasteiger partial charge in [-0.25, -0.2) is 4.39 Å². The van der Waals surface area contributed by atoms with E-state index in [1.165, 1.54) is 24.5 Å². The van der Waals surface area contributed by atoms with Gasteiger partial charge in [0.05, 0.1) is 5.56 Å². The van der Waals surface area contributed by atoms with Crippen molar-refractivity contribution in [1.29, 1.82) is 0 Å². The van der Waals surface area contributed by atoms with Gasteiger partial charge >= 0.3 is 0 Å². The maximum absolute atomic E-state index is 13.3. The molecule has 1 saturated heterocycles. The number of rotatable bonds is 3. The van der Waals surface area contributed by atoms with Crippen molar-refractivity contribution >= 4 is 22.8 Å². The average Bonchev–Trinajstić information content (AvgIpc) is 3.12. The van der Waals surface area contributed by atoms with Gasteiger partial charge in [-0.1, -0.05) is 6.92 Å². The summed E-state index contributed by atoms with van der Waals surface area (Å²) in [5.74, 6) is -0.628. The number of furan rings is 1. The van der Waals surface area contributed by atoms with Gasteiger partial charge in [0.1, 0.15) is 17.7 Å². The molecule has 2 heterocycles. The van der Waals surface area contributed by atoms with Gasteiger partial charge in [-0.2, -0.15) is 0 Å². The second kappa shape index (κ2) is 5.79. The van der Waals surface area contributed by atoms with Crippen LogP contribution >= 0.6 is 0 Å². The van der Waals surface area contributed by atoms with E-state index in [1.54, 1.807) is 4.90 Å². The molecule has 1 aliphatic rings. The van der Waals surface area contributed by atoms with Gasteiger partial charge in [0.2, 0.25) is 5.91 Å². The molecule has 0 bridgehead atoms. The minimum Gasteiger partial charge on any atom is -0.463 e. The zero-order valence-corrected chi connectivity index (χ0v) is 12.3. The first kappa shape index (κ1) is 14.6. The fourth-order valence-corrected chi connectivity index (χ4v) is 2.77. The second-order valence-corrected chi connectivity index (χ2v) is 5.44. The van der Waals surface area contributed by atoms with Gasteiger partial charge in [0.25, 0.3) is 5.91 Å². The minimum atomic E-state index is -0.413. The Morgan fingerprint density at radius 2 is 2.27 bits per heavy atom. The summed E-state index contributed by atoms with van der Waals surface area (Å²) in [4.78, 5) is 25.7. The Morgan fingerprint density at radius 3 is 3.05 bits per heavy atom. The summed E-state index contributed by atoms with van der Waals surface area (Å²) in [6.45, 7) is 2.99. The van der Waals surface area contributed by atoms with Crippen molar-refractivity contribution in [2.75, 3.05) is 13.1 Å². The first-order valence-corrected chi connectivity index (χ1v) is 7.34. The molecule has 0 radical (unpaired) electrons. The van der Waals surface area contributed by atoms with E-state index in [1.807, 2.05) is 6.92 Å². The highest BCUT2D eigenvalue weighted by Gasteiger charge is 2.27. The van der Waals surface area contributed by atoms with Gasteiger partial charge in [0.15, 0.2) is 0 Å². The average molecular weight is 304 g/mol. The molecule has 116 valence electrons. The molecule has 2 aromatic rings. The van der Waals surface area contributed by atoms with Gasteiger partial charge in [-0.05, 0) is 24.6 Å². The quantitative estimate of drug-likeness (QED) is 0.946. The lowest BCUT2D eigenvalue weighted by Crippen LogP contribution is -2.38. The summed E-state index contributed by atoms with van der Waals surface area (Å²) in [5, 5.41) is 3.34. The summed E-state index contributed by atoms with van der Waals surface area (Å²) in [7, 11) is 0. The molecule has 1 atom stereocenters. The maximum atomic E-state index is 13.3. The lowest BCUT2D eigenvalue weighted by atomic mass is 10.1. The molecular weight excluding hydrogens is 287 g/mol. The Bertz CT molecular complexity index is 725. The molecule has 1 aromatic carbocycles. The molecular formula is C16H17FN2O3. The molecule has 1 aromatic heterocycles. The lowest BCUT2D eigenvalue weighted by molar-refractivity contribution is -0.129. The van der Waals surface area contributed by atoms with Crippen molar-refractivity contribution in [2.24, 2.45) is 0 Å². The number of likely N-dealkylation sites (tertiary alicyclic amines) is 1. The van der Waals surface area contributed by atoms with E-state index in [0.717, 1.165) is 6.42 Å². The number of carbonyl (C=O) groups excluding carboxylic acids is 2. The third-order valence-corrected chi connectivity index (χ3v) is 3.96. The number of nitrogens with one attached hydrogen (secondary N) is 1. The molecule has 0 aliphatic carbocycles. The van der Waals surface area contributed by atoms with E-state index >= 15 is 0 Å². The Morgan fingerprint density at radius 1 is 1.45 bits per heavy atom. The number of hydrogen-bond donors (Lipinski definition) is 1. The molecule has 1 N–H and O–H groups in total. The first-order valence-electron chi connectivity index (χ1n) is 7.34. The smallest absolute Gasteiger partial charge is 0.255 e. The van der Waals surface area contributed by atoms with Crippen LogP contribution in [0.5, 0.6) is 0 Å². The van der Waals surface area contributed by atoms with E-state index < -0.39 is 5.82 Å². The van der Waals surface area contributed by atoms with Crippen molar-refractivity contribution in [1.82, 2.24) is 10.2 Å². The zero-order valence-electron chi connectivity index (χ0n) is 12.3. The summed E-state index contributed by atoms with van der Waals surface area (Å²) < 4.78 is 18.6. The van der Waals surface area contributed by atoms with E-state index in [0.29, 0.717) is 36.0 Å². The molecule has 1 fully saturated rings. The summed E-state index contributed by atoms with van der Waals surface area (Å²) >= 11 is 0. The third kappa shape index (κ3) is 2.68. The molecule has 1 aliphatic heterocycles. The molecule has 1 unspecified atom stereocenters. The number of benzene rings is 1. The standard InChI is InChI=1S/C16H17FN2O3/c1-2-15(20)19-6-5-11(8-19)18-16(21)13-9-22-14-4-3-10(17)7-12(13)14/h3-4,7,9,11H,2,5-6,8H2,1H3,(H,18,21). The van der Waals surface area contributed by atoms with Crippen LogP contribution in [0.15, 0.2) is 28.9 Å². The SMILES string of the molecule is CCC(=O)N1CCC(NC(=O)c2coc3ccc(F)cc23)C1. The monoisotopic (exact) mass is 304 g/mol.